The minimum Gasteiger partial charge on any atom is -0.480 e. The molecule has 25 nitrogen and oxygen atoms in total. The van der Waals surface area contributed by atoms with Gasteiger partial charge in [0.15, 0.2) is 5.96 Å². The van der Waals surface area contributed by atoms with E-state index >= 15 is 0 Å². The van der Waals surface area contributed by atoms with E-state index in [9.17, 15) is 48.3 Å². The molecule has 1 saturated heterocycles. The molecule has 0 saturated carbocycles. The highest BCUT2D eigenvalue weighted by Crippen LogP contribution is 2.25. The first-order valence-electron chi connectivity index (χ1n) is 29.5. The van der Waals surface area contributed by atoms with Crippen molar-refractivity contribution in [2.24, 2.45) is 45.5 Å². The third kappa shape index (κ3) is 22.6. The Labute approximate surface area is 513 Å². The Kier molecular flexibility index (Phi) is 27.0. The fraction of sp³-hybridized carbons (Fsp3) is 0.444. The number of benzene rings is 4. The minimum absolute atomic E-state index is 0.0267. The predicted octanol–water partition coefficient (Wildman–Crippen LogP) is 0.164. The maximum absolute atomic E-state index is 14.4. The smallest absolute Gasteiger partial charge is 0.329 e. The summed E-state index contributed by atoms with van der Waals surface area (Å²) in [6, 6.07) is 26.4. The maximum Gasteiger partial charge on any atom is 0.329 e. The SMILES string of the molecule is CC(C)C[C@@H](NC(=O)[C@@H](Cc1ccccc1)NC(=O)[C@H](N)Cc1ccccc1)C(=O)N[C@H](CC(=N)N)C(=O)NC1(C(=O)O)CCN(C(=O)[C@@H](CN=C(N)N)NC(=O)[C@@H](CC(C)C)NC(=O)[C@@H](CCc2ccccc2)NC(=O)[C@H](N)Cc2ccccc2)CC1. The molecule has 19 N–H and O–H groups in total. The molecule has 474 valence electrons. The van der Waals surface area contributed by atoms with E-state index in [1.807, 2.05) is 105 Å². The number of piperidine rings is 1. The fourth-order valence-electron chi connectivity index (χ4n) is 10.1. The van der Waals surface area contributed by atoms with E-state index in [0.29, 0.717) is 12.0 Å². The summed E-state index contributed by atoms with van der Waals surface area (Å²) in [5.74, 6) is -8.80. The lowest BCUT2D eigenvalue weighted by Gasteiger charge is -2.41. The fourth-order valence-corrected chi connectivity index (χ4v) is 10.1. The second-order valence-electron chi connectivity index (χ2n) is 23.1. The lowest BCUT2D eigenvalue weighted by atomic mass is 9.86. The zero-order valence-corrected chi connectivity index (χ0v) is 50.4. The first kappa shape index (κ1) is 69.5. The van der Waals surface area contributed by atoms with Crippen LogP contribution in [0.15, 0.2) is 126 Å². The number of aryl methyl sites for hydroxylation is 1. The van der Waals surface area contributed by atoms with Crippen molar-refractivity contribution in [1.82, 2.24) is 42.1 Å². The van der Waals surface area contributed by atoms with Crippen molar-refractivity contribution in [3.63, 3.8) is 0 Å². The molecule has 0 radical (unpaired) electrons. The molecule has 8 amide bonds. The molecule has 0 spiro atoms. The van der Waals surface area contributed by atoms with E-state index in [1.165, 1.54) is 4.90 Å². The summed E-state index contributed by atoms with van der Waals surface area (Å²) < 4.78 is 0. The van der Waals surface area contributed by atoms with E-state index in [4.69, 9.17) is 34.1 Å². The van der Waals surface area contributed by atoms with Gasteiger partial charge in [0.2, 0.25) is 47.3 Å². The molecule has 1 heterocycles. The predicted molar refractivity (Wildman–Crippen MR) is 333 cm³/mol. The monoisotopic (exact) mass is 1210 g/mol. The Bertz CT molecular complexity index is 3020. The number of carbonyl (C=O) groups is 9. The van der Waals surface area contributed by atoms with Crippen molar-refractivity contribution < 1.29 is 48.3 Å². The number of hydrogen-bond acceptors (Lipinski definition) is 13. The molecule has 1 fully saturated rings. The molecule has 1 aliphatic rings. The molecule has 5 rings (SSSR count). The van der Waals surface area contributed by atoms with Crippen LogP contribution in [0.3, 0.4) is 0 Å². The van der Waals surface area contributed by atoms with Crippen molar-refractivity contribution in [3.8, 4) is 0 Å². The van der Waals surface area contributed by atoms with Crippen LogP contribution < -0.4 is 65.9 Å². The summed E-state index contributed by atoms with van der Waals surface area (Å²) in [4.78, 5) is 131. The minimum atomic E-state index is -2.04. The number of carboxylic acid groups (broad SMARTS) is 1. The lowest BCUT2D eigenvalue weighted by Crippen LogP contribution is -2.65. The van der Waals surface area contributed by atoms with E-state index in [0.717, 1.165) is 16.7 Å². The molecule has 0 bridgehead atoms. The highest BCUT2D eigenvalue weighted by atomic mass is 16.4. The summed E-state index contributed by atoms with van der Waals surface area (Å²) in [6.07, 6.45) is -0.242. The van der Waals surface area contributed by atoms with Crippen LogP contribution in [-0.4, -0.2) is 149 Å². The highest BCUT2D eigenvalue weighted by molar-refractivity contribution is 5.99. The molecule has 0 aliphatic carbocycles. The van der Waals surface area contributed by atoms with Gasteiger partial charge in [-0.2, -0.15) is 0 Å². The molecule has 4 aromatic rings. The summed E-state index contributed by atoms with van der Waals surface area (Å²) >= 11 is 0. The summed E-state index contributed by atoms with van der Waals surface area (Å²) in [6.45, 7) is 6.21. The summed E-state index contributed by atoms with van der Waals surface area (Å²) in [5.41, 5.74) is 31.0. The number of carbonyl (C=O) groups excluding carboxylic acids is 8. The van der Waals surface area contributed by atoms with Gasteiger partial charge < -0.3 is 75.9 Å². The van der Waals surface area contributed by atoms with Gasteiger partial charge in [0.1, 0.15) is 41.8 Å². The zero-order valence-electron chi connectivity index (χ0n) is 50.4. The first-order valence-corrected chi connectivity index (χ1v) is 29.5. The Balaban J connectivity index is 1.29. The van der Waals surface area contributed by atoms with Crippen molar-refractivity contribution in [1.29, 1.82) is 5.41 Å². The zero-order chi connectivity index (χ0) is 64.5. The summed E-state index contributed by atoms with van der Waals surface area (Å²) in [5, 5.41) is 37.7. The molecule has 0 unspecified atom stereocenters. The molecular weight excluding hydrogens is 1130 g/mol. The first-order chi connectivity index (χ1) is 41.8. The second-order valence-corrected chi connectivity index (χ2v) is 23.1. The van der Waals surface area contributed by atoms with Gasteiger partial charge in [-0.15, -0.1) is 0 Å². The number of amides is 8. The molecule has 4 aromatic carbocycles. The molecule has 25 heteroatoms. The standard InChI is InChI=1S/C63H87N15O10/c1-38(2)31-47(74-58(84)49(35-43-23-15-8-16-24-43)72-54(80)45(65)34-42-21-13-7-14-22-42)56(82)75-50(36-52(66)67)59(85)77-63(61(87)88)27-29-78(30-28-63)60(86)51(37-70-62(68)69)76-57(83)48(32-39(3)4)73-55(81)46(26-25-40-17-9-5-10-18-40)71-53(79)44(64)33-41-19-11-6-12-20-41/h5-24,38-39,44-51H,25-37,64-65H2,1-4H3,(H3,66,67)(H,71,79)(H,72,80)(H,73,81)(H,74,84)(H,75,82)(H,76,83)(H,77,85)(H,87,88)(H4,68,69,70)/t44-,45-,46-,47-,48-,49-,50-,51-/m1/s1. The third-order valence-corrected chi connectivity index (χ3v) is 14.9. The van der Waals surface area contributed by atoms with Crippen LogP contribution >= 0.6 is 0 Å². The van der Waals surface area contributed by atoms with Crippen LogP contribution in [0.1, 0.15) is 88.5 Å². The van der Waals surface area contributed by atoms with Gasteiger partial charge in [-0.25, -0.2) is 4.79 Å². The van der Waals surface area contributed by atoms with Crippen molar-refractivity contribution in [3.05, 3.63) is 144 Å². The van der Waals surface area contributed by atoms with E-state index in [-0.39, 0.29) is 76.3 Å². The highest BCUT2D eigenvalue weighted by Gasteiger charge is 2.46. The van der Waals surface area contributed by atoms with Crippen LogP contribution in [0.5, 0.6) is 0 Å². The normalized spacial score (nSPS) is 15.5. The largest absolute Gasteiger partial charge is 0.480 e. The number of hydrogen-bond donors (Lipinski definition) is 14. The number of rotatable bonds is 33. The Hall–Kier alpha value is -9.23. The Morgan fingerprint density at radius 1 is 0.511 bits per heavy atom. The van der Waals surface area contributed by atoms with Crippen LogP contribution in [0.4, 0.5) is 0 Å². The number of guanidine groups is 1. The molecule has 0 aromatic heterocycles. The van der Waals surface area contributed by atoms with Crippen molar-refractivity contribution in [2.75, 3.05) is 19.6 Å². The van der Waals surface area contributed by atoms with Gasteiger partial charge in [0, 0.05) is 25.9 Å². The summed E-state index contributed by atoms with van der Waals surface area (Å²) in [7, 11) is 0. The van der Waals surface area contributed by atoms with E-state index in [1.54, 1.807) is 44.2 Å². The topological polar surface area (TPSA) is 428 Å². The quantitative estimate of drug-likeness (QED) is 0.0223. The number of nitrogens with one attached hydrogen (secondary N) is 8. The number of likely N-dealkylation sites (tertiary alicyclic amines) is 1. The van der Waals surface area contributed by atoms with Gasteiger partial charge in [0.05, 0.1) is 24.5 Å². The van der Waals surface area contributed by atoms with E-state index < -0.39 is 132 Å². The number of aliphatic carboxylic acids is 1. The average Bonchev–Trinajstić information content (AvgIpc) is 2.67. The van der Waals surface area contributed by atoms with Crippen LogP contribution in [0.2, 0.25) is 0 Å². The Morgan fingerprint density at radius 2 is 0.886 bits per heavy atom. The van der Waals surface area contributed by atoms with Crippen molar-refractivity contribution in [2.45, 2.75) is 146 Å². The van der Waals surface area contributed by atoms with Gasteiger partial charge in [-0.1, -0.05) is 149 Å². The van der Waals surface area contributed by atoms with E-state index in [2.05, 4.69) is 42.2 Å². The van der Waals surface area contributed by atoms with Gasteiger partial charge >= 0.3 is 5.97 Å². The third-order valence-electron chi connectivity index (χ3n) is 14.9. The maximum atomic E-state index is 14.4. The number of nitrogens with zero attached hydrogens (tertiary/aromatic N) is 2. The molecule has 8 atom stereocenters. The average molecular weight is 1210 g/mol. The number of carboxylic acids is 1. The molecular formula is C63H87N15O10. The van der Waals surface area contributed by atoms with Gasteiger partial charge in [-0.05, 0) is 85.5 Å². The van der Waals surface area contributed by atoms with Crippen LogP contribution in [0.25, 0.3) is 0 Å². The van der Waals surface area contributed by atoms with Crippen LogP contribution in [0, 0.1) is 17.2 Å². The number of aliphatic imine (C=N–C) groups is 1. The van der Waals surface area contributed by atoms with Gasteiger partial charge in [0.25, 0.3) is 0 Å². The lowest BCUT2D eigenvalue weighted by molar-refractivity contribution is -0.152. The van der Waals surface area contributed by atoms with Crippen molar-refractivity contribution >= 4 is 65.0 Å². The number of amidine groups is 1. The van der Waals surface area contributed by atoms with Crippen LogP contribution in [-0.2, 0) is 68.8 Å². The Morgan fingerprint density at radius 3 is 1.31 bits per heavy atom. The van der Waals surface area contributed by atoms with Gasteiger partial charge in [-0.3, -0.25) is 48.8 Å². The molecule has 1 aliphatic heterocycles. The number of nitrogens with two attached hydrogens (primary N) is 5. The second kappa shape index (κ2) is 34.2. The molecule has 88 heavy (non-hydrogen) atoms.